The van der Waals surface area contributed by atoms with Gasteiger partial charge in [0.1, 0.15) is 11.5 Å². The van der Waals surface area contributed by atoms with Gasteiger partial charge in [-0.2, -0.15) is 0 Å². The maximum absolute atomic E-state index is 11.5. The van der Waals surface area contributed by atoms with Crippen molar-refractivity contribution in [2.45, 2.75) is 0 Å². The van der Waals surface area contributed by atoms with Crippen LogP contribution in [0.25, 0.3) is 0 Å². The number of nitrogen functional groups attached to an aromatic ring is 1. The SMILES string of the molecule is COC(=O)c1cc(Oc2ccc(Cl)cc2Cl)ccc1N. The Bertz CT molecular complexity index is 659. The number of nitrogens with two attached hydrogens (primary N) is 1. The molecule has 20 heavy (non-hydrogen) atoms. The van der Waals surface area contributed by atoms with Gasteiger partial charge in [0.15, 0.2) is 0 Å². The summed E-state index contributed by atoms with van der Waals surface area (Å²) in [5.74, 6) is 0.315. The summed E-state index contributed by atoms with van der Waals surface area (Å²) in [6.45, 7) is 0. The van der Waals surface area contributed by atoms with E-state index < -0.39 is 5.97 Å². The lowest BCUT2D eigenvalue weighted by Crippen LogP contribution is -2.05. The zero-order valence-electron chi connectivity index (χ0n) is 10.5. The summed E-state index contributed by atoms with van der Waals surface area (Å²) in [6, 6.07) is 9.54. The lowest BCUT2D eigenvalue weighted by molar-refractivity contribution is 0.0601. The normalized spacial score (nSPS) is 10.2. The van der Waals surface area contributed by atoms with Crippen molar-refractivity contribution < 1.29 is 14.3 Å². The first kappa shape index (κ1) is 14.5. The van der Waals surface area contributed by atoms with Crippen LogP contribution in [0.5, 0.6) is 11.5 Å². The van der Waals surface area contributed by atoms with Crippen LogP contribution in [-0.2, 0) is 4.74 Å². The summed E-state index contributed by atoms with van der Waals surface area (Å²) >= 11 is 11.8. The number of rotatable bonds is 3. The highest BCUT2D eigenvalue weighted by molar-refractivity contribution is 6.35. The second kappa shape index (κ2) is 6.03. The van der Waals surface area contributed by atoms with Crippen LogP contribution in [0.15, 0.2) is 36.4 Å². The van der Waals surface area contributed by atoms with Crippen molar-refractivity contribution in [3.63, 3.8) is 0 Å². The van der Waals surface area contributed by atoms with Crippen molar-refractivity contribution in [2.24, 2.45) is 0 Å². The van der Waals surface area contributed by atoms with Gasteiger partial charge in [-0.1, -0.05) is 23.2 Å². The summed E-state index contributed by atoms with van der Waals surface area (Å²) in [5.41, 5.74) is 6.25. The molecule has 6 heteroatoms. The average molecular weight is 312 g/mol. The maximum Gasteiger partial charge on any atom is 0.340 e. The van der Waals surface area contributed by atoms with Gasteiger partial charge in [-0.25, -0.2) is 4.79 Å². The van der Waals surface area contributed by atoms with Crippen LogP contribution in [0.1, 0.15) is 10.4 Å². The maximum atomic E-state index is 11.5. The van der Waals surface area contributed by atoms with E-state index >= 15 is 0 Å². The Kier molecular flexibility index (Phi) is 4.37. The highest BCUT2D eigenvalue weighted by atomic mass is 35.5. The summed E-state index contributed by atoms with van der Waals surface area (Å²) in [5, 5.41) is 0.879. The number of benzene rings is 2. The molecule has 104 valence electrons. The third kappa shape index (κ3) is 3.15. The largest absolute Gasteiger partial charge is 0.465 e. The van der Waals surface area contributed by atoms with Gasteiger partial charge in [0, 0.05) is 10.7 Å². The molecule has 0 unspecified atom stereocenters. The van der Waals surface area contributed by atoms with Crippen LogP contribution in [0.3, 0.4) is 0 Å². The zero-order chi connectivity index (χ0) is 14.7. The standard InChI is InChI=1S/C14H11Cl2NO3/c1-19-14(18)10-7-9(3-4-12(10)17)20-13-5-2-8(15)6-11(13)16/h2-7H,17H2,1H3. The minimum Gasteiger partial charge on any atom is -0.465 e. The molecule has 0 radical (unpaired) electrons. The second-order valence-corrected chi connectivity index (χ2v) is 4.76. The predicted molar refractivity (Wildman–Crippen MR) is 78.7 cm³/mol. The van der Waals surface area contributed by atoms with Crippen molar-refractivity contribution in [1.29, 1.82) is 0 Å². The molecule has 2 N–H and O–H groups in total. The van der Waals surface area contributed by atoms with E-state index in [1.54, 1.807) is 30.3 Å². The third-order valence-corrected chi connectivity index (χ3v) is 3.08. The fraction of sp³-hybridized carbons (Fsp3) is 0.0714. The number of esters is 1. The molecule has 0 fully saturated rings. The number of hydrogen-bond donors (Lipinski definition) is 1. The van der Waals surface area contributed by atoms with Gasteiger partial charge in [-0.15, -0.1) is 0 Å². The number of ether oxygens (including phenoxy) is 2. The molecule has 0 aliphatic heterocycles. The Balaban J connectivity index is 2.32. The van der Waals surface area contributed by atoms with Crippen molar-refractivity contribution in [2.75, 3.05) is 12.8 Å². The quantitative estimate of drug-likeness (QED) is 0.683. The predicted octanol–water partition coefficient (Wildman–Crippen LogP) is 4.15. The third-order valence-electron chi connectivity index (χ3n) is 2.55. The van der Waals surface area contributed by atoms with Gasteiger partial charge >= 0.3 is 5.97 Å². The Morgan fingerprint density at radius 1 is 1.15 bits per heavy atom. The Hall–Kier alpha value is -1.91. The monoisotopic (exact) mass is 311 g/mol. The number of carbonyl (C=O) groups is 1. The van der Waals surface area contributed by atoms with E-state index in [1.807, 2.05) is 0 Å². The molecule has 4 nitrogen and oxygen atoms in total. The van der Waals surface area contributed by atoms with E-state index in [9.17, 15) is 4.79 Å². The van der Waals surface area contributed by atoms with Gasteiger partial charge in [-0.3, -0.25) is 0 Å². The molecule has 2 aromatic carbocycles. The highest BCUT2D eigenvalue weighted by Crippen LogP contribution is 2.32. The molecular formula is C14H11Cl2NO3. The Labute approximate surface area is 126 Å². The summed E-state index contributed by atoms with van der Waals surface area (Å²) < 4.78 is 10.2. The first-order valence-corrected chi connectivity index (χ1v) is 6.37. The van der Waals surface area contributed by atoms with Crippen LogP contribution >= 0.6 is 23.2 Å². The zero-order valence-corrected chi connectivity index (χ0v) is 12.0. The molecular weight excluding hydrogens is 301 g/mol. The minimum atomic E-state index is -0.532. The van der Waals surface area contributed by atoms with E-state index in [1.165, 1.54) is 13.2 Å². The molecule has 0 heterocycles. The number of carbonyl (C=O) groups excluding carboxylic acids is 1. The molecule has 0 amide bonds. The molecule has 0 saturated carbocycles. The van der Waals surface area contributed by atoms with Gasteiger partial charge in [0.25, 0.3) is 0 Å². The smallest absolute Gasteiger partial charge is 0.340 e. The van der Waals surface area contributed by atoms with Crippen LogP contribution in [0.4, 0.5) is 5.69 Å². The van der Waals surface area contributed by atoms with E-state index in [0.29, 0.717) is 27.2 Å². The van der Waals surface area contributed by atoms with E-state index in [2.05, 4.69) is 4.74 Å². The average Bonchev–Trinajstić information content (AvgIpc) is 2.43. The van der Waals surface area contributed by atoms with Gasteiger partial charge in [0.05, 0.1) is 17.7 Å². The van der Waals surface area contributed by atoms with Gasteiger partial charge in [-0.05, 0) is 36.4 Å². The summed E-state index contributed by atoms with van der Waals surface area (Å²) in [4.78, 5) is 11.5. The topological polar surface area (TPSA) is 61.5 Å². The minimum absolute atomic E-state index is 0.232. The van der Waals surface area contributed by atoms with E-state index in [-0.39, 0.29) is 5.56 Å². The molecule has 2 aromatic rings. The Morgan fingerprint density at radius 2 is 1.90 bits per heavy atom. The van der Waals surface area contributed by atoms with Crippen molar-refractivity contribution in [3.8, 4) is 11.5 Å². The molecule has 0 atom stereocenters. The Morgan fingerprint density at radius 3 is 2.55 bits per heavy atom. The second-order valence-electron chi connectivity index (χ2n) is 3.92. The lowest BCUT2D eigenvalue weighted by atomic mass is 10.1. The molecule has 0 aliphatic rings. The molecule has 2 rings (SSSR count). The number of anilines is 1. The molecule has 0 aromatic heterocycles. The van der Waals surface area contributed by atoms with Crippen LogP contribution in [0.2, 0.25) is 10.0 Å². The van der Waals surface area contributed by atoms with Crippen molar-refractivity contribution >= 4 is 34.9 Å². The van der Waals surface area contributed by atoms with Crippen molar-refractivity contribution in [1.82, 2.24) is 0 Å². The van der Waals surface area contributed by atoms with Crippen molar-refractivity contribution in [3.05, 3.63) is 52.0 Å². The highest BCUT2D eigenvalue weighted by Gasteiger charge is 2.12. The molecule has 0 saturated heterocycles. The summed E-state index contributed by atoms with van der Waals surface area (Å²) in [6.07, 6.45) is 0. The molecule has 0 bridgehead atoms. The number of hydrogen-bond acceptors (Lipinski definition) is 4. The number of methoxy groups -OCH3 is 1. The van der Waals surface area contributed by atoms with Crippen LogP contribution in [0, 0.1) is 0 Å². The van der Waals surface area contributed by atoms with E-state index in [4.69, 9.17) is 33.7 Å². The summed E-state index contributed by atoms with van der Waals surface area (Å²) in [7, 11) is 1.28. The lowest BCUT2D eigenvalue weighted by Gasteiger charge is -2.10. The molecule has 0 spiro atoms. The van der Waals surface area contributed by atoms with E-state index in [0.717, 1.165) is 0 Å². The van der Waals surface area contributed by atoms with Crippen LogP contribution < -0.4 is 10.5 Å². The van der Waals surface area contributed by atoms with Gasteiger partial charge < -0.3 is 15.2 Å². The fourth-order valence-corrected chi connectivity index (χ4v) is 2.02. The first-order chi connectivity index (χ1) is 9.51. The first-order valence-electron chi connectivity index (χ1n) is 5.62. The van der Waals surface area contributed by atoms with Gasteiger partial charge in [0.2, 0.25) is 0 Å². The fourth-order valence-electron chi connectivity index (χ4n) is 1.57. The number of halogens is 2. The molecule has 0 aliphatic carbocycles. The van der Waals surface area contributed by atoms with Crippen LogP contribution in [-0.4, -0.2) is 13.1 Å².